The van der Waals surface area contributed by atoms with Crippen LogP contribution in [0, 0.1) is 0 Å². The zero-order chi connectivity index (χ0) is 21.6. The van der Waals surface area contributed by atoms with Gasteiger partial charge in [0, 0.05) is 5.69 Å². The van der Waals surface area contributed by atoms with Crippen molar-refractivity contribution < 1.29 is 9.53 Å². The normalized spacial score (nSPS) is 11.8. The summed E-state index contributed by atoms with van der Waals surface area (Å²) in [5.41, 5.74) is 2.42. The van der Waals surface area contributed by atoms with Crippen molar-refractivity contribution in [2.45, 2.75) is 18.2 Å². The molecule has 4 aromatic rings. The Balaban J connectivity index is 1.57. The van der Waals surface area contributed by atoms with Crippen LogP contribution in [0.15, 0.2) is 65.3 Å². The molecule has 0 saturated heterocycles. The van der Waals surface area contributed by atoms with Crippen LogP contribution < -0.4 is 10.1 Å². The molecule has 1 atom stereocenters. The molecule has 2 heterocycles. The number of benzene rings is 2. The van der Waals surface area contributed by atoms with E-state index in [0.29, 0.717) is 26.9 Å². The second kappa shape index (κ2) is 9.90. The molecule has 0 bridgehead atoms. The van der Waals surface area contributed by atoms with Crippen molar-refractivity contribution >= 4 is 45.7 Å². The molecule has 0 spiro atoms. The number of aromatic nitrogens is 5. The predicted octanol–water partition coefficient (Wildman–Crippen LogP) is 4.64. The van der Waals surface area contributed by atoms with Gasteiger partial charge in [-0.2, -0.15) is 0 Å². The van der Waals surface area contributed by atoms with E-state index in [1.807, 2.05) is 54.0 Å². The molecule has 1 amide bonds. The van der Waals surface area contributed by atoms with Gasteiger partial charge in [0.2, 0.25) is 11.0 Å². The van der Waals surface area contributed by atoms with Gasteiger partial charge in [0.25, 0.3) is 0 Å². The van der Waals surface area contributed by atoms with E-state index in [-0.39, 0.29) is 11.7 Å². The van der Waals surface area contributed by atoms with Gasteiger partial charge in [0.1, 0.15) is 11.3 Å². The van der Waals surface area contributed by atoms with Crippen molar-refractivity contribution in [3.05, 3.63) is 71.0 Å². The third-order valence-corrected chi connectivity index (χ3v) is 5.96. The van der Waals surface area contributed by atoms with E-state index < -0.39 is 6.10 Å². The topological polar surface area (TPSA) is 94.8 Å². The lowest BCUT2D eigenvalue weighted by Gasteiger charge is -2.17. The number of thioether (sulfide) groups is 1. The largest absolute Gasteiger partial charge is 0.481 e. The Morgan fingerprint density at radius 2 is 1.94 bits per heavy atom. The molecule has 8 nitrogen and oxygen atoms in total. The van der Waals surface area contributed by atoms with Crippen molar-refractivity contribution in [2.75, 3.05) is 11.1 Å². The fraction of sp³-hybridized carbons (Fsp3) is 0.150. The molecule has 0 saturated carbocycles. The van der Waals surface area contributed by atoms with E-state index in [4.69, 9.17) is 16.3 Å². The number of para-hydroxylation sites is 2. The second-order valence-electron chi connectivity index (χ2n) is 6.28. The van der Waals surface area contributed by atoms with Crippen molar-refractivity contribution in [3.63, 3.8) is 0 Å². The van der Waals surface area contributed by atoms with E-state index >= 15 is 0 Å². The number of nitrogens with one attached hydrogen (secondary N) is 1. The Labute approximate surface area is 191 Å². The highest BCUT2D eigenvalue weighted by molar-refractivity contribution is 7.99. The van der Waals surface area contributed by atoms with Gasteiger partial charge >= 0.3 is 0 Å². The SMILES string of the molecule is CC(Oc1ccccc1Cl)c1nnc(SCC(=O)Nc2nncs2)n1-c1ccccc1. The highest BCUT2D eigenvalue weighted by Gasteiger charge is 2.22. The number of rotatable bonds is 8. The number of halogens is 1. The molecular formula is C20H17ClN6O2S2. The molecule has 0 aliphatic rings. The molecule has 0 radical (unpaired) electrons. The van der Waals surface area contributed by atoms with Crippen LogP contribution in [-0.2, 0) is 4.79 Å². The van der Waals surface area contributed by atoms with Crippen molar-refractivity contribution in [1.82, 2.24) is 25.0 Å². The maximum absolute atomic E-state index is 12.3. The van der Waals surface area contributed by atoms with E-state index in [1.54, 1.807) is 17.6 Å². The third kappa shape index (κ3) is 5.22. The number of nitrogens with zero attached hydrogens (tertiary/aromatic N) is 5. The Morgan fingerprint density at radius 3 is 2.68 bits per heavy atom. The number of carbonyl (C=O) groups excluding carboxylic acids is 1. The number of anilines is 1. The summed E-state index contributed by atoms with van der Waals surface area (Å²) in [5.74, 6) is 1.10. The Morgan fingerprint density at radius 1 is 1.16 bits per heavy atom. The summed E-state index contributed by atoms with van der Waals surface area (Å²) in [4.78, 5) is 12.3. The summed E-state index contributed by atoms with van der Waals surface area (Å²) in [6.07, 6.45) is -0.433. The number of amides is 1. The summed E-state index contributed by atoms with van der Waals surface area (Å²) in [7, 11) is 0. The van der Waals surface area contributed by atoms with Gasteiger partial charge in [0.15, 0.2) is 17.1 Å². The first-order chi connectivity index (χ1) is 15.1. The van der Waals surface area contributed by atoms with Crippen LogP contribution in [0.1, 0.15) is 18.9 Å². The lowest BCUT2D eigenvalue weighted by atomic mass is 10.3. The van der Waals surface area contributed by atoms with E-state index in [9.17, 15) is 4.79 Å². The smallest absolute Gasteiger partial charge is 0.236 e. The highest BCUT2D eigenvalue weighted by Crippen LogP contribution is 2.31. The van der Waals surface area contributed by atoms with E-state index in [1.165, 1.54) is 23.1 Å². The van der Waals surface area contributed by atoms with Crippen molar-refractivity contribution in [1.29, 1.82) is 0 Å². The quantitative estimate of drug-likeness (QED) is 0.373. The molecule has 31 heavy (non-hydrogen) atoms. The zero-order valence-corrected chi connectivity index (χ0v) is 18.7. The van der Waals surface area contributed by atoms with Crippen LogP contribution in [0.25, 0.3) is 5.69 Å². The molecule has 1 N–H and O–H groups in total. The Bertz CT molecular complexity index is 1150. The van der Waals surface area contributed by atoms with Crippen molar-refractivity contribution in [2.24, 2.45) is 0 Å². The average Bonchev–Trinajstić information content (AvgIpc) is 3.44. The number of hydrogen-bond donors (Lipinski definition) is 1. The summed E-state index contributed by atoms with van der Waals surface area (Å²) in [5, 5.41) is 20.4. The van der Waals surface area contributed by atoms with Gasteiger partial charge in [-0.15, -0.1) is 20.4 Å². The zero-order valence-electron chi connectivity index (χ0n) is 16.3. The number of hydrogen-bond acceptors (Lipinski definition) is 8. The number of ether oxygens (including phenoxy) is 1. The van der Waals surface area contributed by atoms with Crippen LogP contribution in [0.2, 0.25) is 5.02 Å². The molecule has 2 aromatic carbocycles. The van der Waals surface area contributed by atoms with Gasteiger partial charge in [-0.25, -0.2) is 0 Å². The fourth-order valence-electron chi connectivity index (χ4n) is 2.75. The molecular weight excluding hydrogens is 456 g/mol. The monoisotopic (exact) mass is 472 g/mol. The average molecular weight is 473 g/mol. The van der Waals surface area contributed by atoms with Gasteiger partial charge in [-0.05, 0) is 31.2 Å². The molecule has 1 unspecified atom stereocenters. The lowest BCUT2D eigenvalue weighted by Crippen LogP contribution is -2.15. The van der Waals surface area contributed by atoms with Crippen LogP contribution >= 0.6 is 34.7 Å². The van der Waals surface area contributed by atoms with E-state index in [0.717, 1.165) is 5.69 Å². The number of carbonyl (C=O) groups is 1. The van der Waals surface area contributed by atoms with Crippen molar-refractivity contribution in [3.8, 4) is 11.4 Å². The van der Waals surface area contributed by atoms with Gasteiger partial charge in [-0.1, -0.05) is 65.0 Å². The summed E-state index contributed by atoms with van der Waals surface area (Å²) < 4.78 is 7.92. The Kier molecular flexibility index (Phi) is 6.80. The summed E-state index contributed by atoms with van der Waals surface area (Å²) >= 11 is 8.77. The van der Waals surface area contributed by atoms with Gasteiger partial charge in [0.05, 0.1) is 10.8 Å². The first kappa shape index (κ1) is 21.3. The van der Waals surface area contributed by atoms with Crippen LogP contribution in [0.3, 0.4) is 0 Å². The molecule has 0 aliphatic carbocycles. The molecule has 158 valence electrons. The lowest BCUT2D eigenvalue weighted by molar-refractivity contribution is -0.113. The molecule has 2 aromatic heterocycles. The van der Waals surface area contributed by atoms with Crippen LogP contribution in [0.5, 0.6) is 5.75 Å². The molecule has 11 heteroatoms. The molecule has 0 fully saturated rings. The predicted molar refractivity (Wildman–Crippen MR) is 121 cm³/mol. The van der Waals surface area contributed by atoms with Crippen LogP contribution in [-0.4, -0.2) is 36.6 Å². The molecule has 4 rings (SSSR count). The highest BCUT2D eigenvalue weighted by atomic mass is 35.5. The minimum absolute atomic E-state index is 0.143. The standard InChI is InChI=1S/C20H17ClN6O2S2/c1-13(29-16-10-6-5-9-15(16)21)18-24-26-20(27(18)14-7-3-2-4-8-14)30-11-17(28)23-19-25-22-12-31-19/h2-10,12-13H,11H2,1H3,(H,23,25,28). The maximum atomic E-state index is 12.3. The van der Waals surface area contributed by atoms with Crippen LogP contribution in [0.4, 0.5) is 5.13 Å². The van der Waals surface area contributed by atoms with Gasteiger partial charge in [-0.3, -0.25) is 14.7 Å². The minimum atomic E-state index is -0.433. The first-order valence-corrected chi connectivity index (χ1v) is 11.5. The minimum Gasteiger partial charge on any atom is -0.481 e. The fourth-order valence-corrected chi connectivity index (χ4v) is 4.15. The van der Waals surface area contributed by atoms with E-state index in [2.05, 4.69) is 25.7 Å². The Hall–Kier alpha value is -2.95. The molecule has 0 aliphatic heterocycles. The summed E-state index contributed by atoms with van der Waals surface area (Å²) in [6.45, 7) is 1.88. The first-order valence-electron chi connectivity index (χ1n) is 9.22. The third-order valence-electron chi connectivity index (χ3n) is 4.12. The van der Waals surface area contributed by atoms with Gasteiger partial charge < -0.3 is 4.74 Å². The second-order valence-corrected chi connectivity index (χ2v) is 8.47. The summed E-state index contributed by atoms with van der Waals surface area (Å²) in [6, 6.07) is 16.9. The maximum Gasteiger partial charge on any atom is 0.236 e.